The van der Waals surface area contributed by atoms with Crippen molar-refractivity contribution >= 4 is 17.9 Å². The molecule has 2 aromatic rings. The highest BCUT2D eigenvalue weighted by Gasteiger charge is 2.24. The molecule has 0 spiro atoms. The van der Waals surface area contributed by atoms with Crippen molar-refractivity contribution in [2.24, 2.45) is 0 Å². The maximum absolute atomic E-state index is 12.7. The Hall–Kier alpha value is -3.42. The Balaban J connectivity index is 1.58. The quantitative estimate of drug-likeness (QED) is 0.678. The third kappa shape index (κ3) is 5.34. The van der Waals surface area contributed by atoms with Crippen LogP contribution in [0.4, 0.5) is 8.78 Å². The van der Waals surface area contributed by atoms with Crippen molar-refractivity contribution < 1.29 is 27.8 Å². The number of ether oxygens (including phenoxy) is 2. The molecule has 0 bridgehead atoms. The van der Waals surface area contributed by atoms with Crippen LogP contribution in [-0.2, 0) is 4.79 Å². The van der Waals surface area contributed by atoms with Crippen LogP contribution in [0.3, 0.4) is 0 Å². The largest absolute Gasteiger partial charge is 0.497 e. The molecule has 6 nitrogen and oxygen atoms in total. The summed E-state index contributed by atoms with van der Waals surface area (Å²) in [6, 6.07) is 13.2. The van der Waals surface area contributed by atoms with E-state index in [9.17, 15) is 18.4 Å². The summed E-state index contributed by atoms with van der Waals surface area (Å²) in [4.78, 5) is 28.4. The third-order valence-electron chi connectivity index (χ3n) is 4.74. The molecule has 0 radical (unpaired) electrons. The van der Waals surface area contributed by atoms with Crippen molar-refractivity contribution in [3.05, 3.63) is 65.7 Å². The molecular formula is C22H22F2N2O4. The van der Waals surface area contributed by atoms with Crippen molar-refractivity contribution in [3.8, 4) is 11.5 Å². The Kier molecular flexibility index (Phi) is 7.00. The summed E-state index contributed by atoms with van der Waals surface area (Å²) >= 11 is 0. The van der Waals surface area contributed by atoms with E-state index in [1.165, 1.54) is 18.2 Å². The molecule has 2 amide bonds. The van der Waals surface area contributed by atoms with Crippen LogP contribution in [-0.4, -0.2) is 61.5 Å². The van der Waals surface area contributed by atoms with Gasteiger partial charge in [0.15, 0.2) is 0 Å². The molecule has 0 N–H and O–H groups in total. The second kappa shape index (κ2) is 9.87. The second-order valence-electron chi connectivity index (χ2n) is 6.60. The molecule has 1 heterocycles. The average Bonchev–Trinajstić information content (AvgIpc) is 2.77. The SMILES string of the molecule is COc1cccc(C(=O)N2CCN(C(=O)/C=C/c3ccccc3OC(F)F)CC2)c1. The zero-order valence-corrected chi connectivity index (χ0v) is 16.5. The van der Waals surface area contributed by atoms with E-state index in [-0.39, 0.29) is 17.6 Å². The predicted molar refractivity (Wildman–Crippen MR) is 108 cm³/mol. The zero-order chi connectivity index (χ0) is 21.5. The van der Waals surface area contributed by atoms with Gasteiger partial charge in [0.05, 0.1) is 7.11 Å². The van der Waals surface area contributed by atoms with Crippen LogP contribution in [0.25, 0.3) is 6.08 Å². The predicted octanol–water partition coefficient (Wildman–Crippen LogP) is 3.29. The molecule has 1 saturated heterocycles. The van der Waals surface area contributed by atoms with Crippen molar-refractivity contribution in [2.45, 2.75) is 6.61 Å². The summed E-state index contributed by atoms with van der Waals surface area (Å²) in [6.45, 7) is -1.37. The van der Waals surface area contributed by atoms with Gasteiger partial charge in [-0.2, -0.15) is 8.78 Å². The van der Waals surface area contributed by atoms with Crippen LogP contribution in [0, 0.1) is 0 Å². The van der Waals surface area contributed by atoms with Crippen LogP contribution in [0.15, 0.2) is 54.6 Å². The average molecular weight is 416 g/mol. The molecule has 0 aromatic heterocycles. The standard InChI is InChI=1S/C22H22F2N2O4/c1-29-18-7-4-6-17(15-18)21(28)26-13-11-25(12-14-26)20(27)10-9-16-5-2-3-8-19(16)30-22(23)24/h2-10,15,22H,11-14H2,1H3/b10-9+. The summed E-state index contributed by atoms with van der Waals surface area (Å²) in [5.74, 6) is 0.242. The first kappa shape index (κ1) is 21.3. The van der Waals surface area contributed by atoms with Gasteiger partial charge in [-0.25, -0.2) is 0 Å². The molecule has 2 aromatic carbocycles. The molecule has 0 unspecified atom stereocenters. The lowest BCUT2D eigenvalue weighted by atomic mass is 10.1. The van der Waals surface area contributed by atoms with E-state index in [1.54, 1.807) is 59.4 Å². The monoisotopic (exact) mass is 416 g/mol. The highest BCUT2D eigenvalue weighted by Crippen LogP contribution is 2.22. The lowest BCUT2D eigenvalue weighted by Gasteiger charge is -2.34. The Morgan fingerprint density at radius 3 is 2.40 bits per heavy atom. The molecule has 0 saturated carbocycles. The van der Waals surface area contributed by atoms with E-state index in [0.717, 1.165) is 0 Å². The first-order valence-electron chi connectivity index (χ1n) is 9.42. The van der Waals surface area contributed by atoms with Gasteiger partial charge in [0.1, 0.15) is 11.5 Å². The fourth-order valence-electron chi connectivity index (χ4n) is 3.16. The number of amides is 2. The number of benzene rings is 2. The maximum Gasteiger partial charge on any atom is 0.387 e. The maximum atomic E-state index is 12.7. The smallest absolute Gasteiger partial charge is 0.387 e. The molecule has 1 aliphatic heterocycles. The summed E-state index contributed by atoms with van der Waals surface area (Å²) in [7, 11) is 1.54. The Bertz CT molecular complexity index is 925. The summed E-state index contributed by atoms with van der Waals surface area (Å²) < 4.78 is 34.6. The minimum Gasteiger partial charge on any atom is -0.497 e. The zero-order valence-electron chi connectivity index (χ0n) is 16.5. The van der Waals surface area contributed by atoms with Gasteiger partial charge in [0.2, 0.25) is 5.91 Å². The number of hydrogen-bond acceptors (Lipinski definition) is 4. The van der Waals surface area contributed by atoms with Gasteiger partial charge in [-0.3, -0.25) is 9.59 Å². The van der Waals surface area contributed by atoms with E-state index < -0.39 is 6.61 Å². The van der Waals surface area contributed by atoms with E-state index in [4.69, 9.17) is 4.74 Å². The highest BCUT2D eigenvalue weighted by atomic mass is 19.3. The van der Waals surface area contributed by atoms with Crippen molar-refractivity contribution in [1.29, 1.82) is 0 Å². The van der Waals surface area contributed by atoms with Crippen LogP contribution >= 0.6 is 0 Å². The van der Waals surface area contributed by atoms with Gasteiger partial charge < -0.3 is 19.3 Å². The lowest BCUT2D eigenvalue weighted by Crippen LogP contribution is -2.50. The van der Waals surface area contributed by atoms with E-state index in [2.05, 4.69) is 4.74 Å². The second-order valence-corrected chi connectivity index (χ2v) is 6.60. The topological polar surface area (TPSA) is 59.1 Å². The van der Waals surface area contributed by atoms with E-state index >= 15 is 0 Å². The number of carbonyl (C=O) groups is 2. The molecule has 1 aliphatic rings. The Labute approximate surface area is 173 Å². The molecule has 158 valence electrons. The summed E-state index contributed by atoms with van der Waals surface area (Å²) in [5.41, 5.74) is 0.919. The summed E-state index contributed by atoms with van der Waals surface area (Å²) in [5, 5.41) is 0. The van der Waals surface area contributed by atoms with Crippen LogP contribution in [0.1, 0.15) is 15.9 Å². The number of halogens is 2. The normalized spacial score (nSPS) is 14.3. The fraction of sp³-hybridized carbons (Fsp3) is 0.273. The molecule has 3 rings (SSSR count). The number of para-hydroxylation sites is 1. The first-order chi connectivity index (χ1) is 14.5. The number of hydrogen-bond donors (Lipinski definition) is 0. The molecule has 30 heavy (non-hydrogen) atoms. The number of methoxy groups -OCH3 is 1. The molecule has 0 aliphatic carbocycles. The number of alkyl halides is 2. The van der Waals surface area contributed by atoms with Gasteiger partial charge in [-0.15, -0.1) is 0 Å². The van der Waals surface area contributed by atoms with Gasteiger partial charge in [-0.05, 0) is 30.3 Å². The van der Waals surface area contributed by atoms with Gasteiger partial charge in [0, 0.05) is 43.4 Å². The molecule has 8 heteroatoms. The number of carbonyl (C=O) groups excluding carboxylic acids is 2. The number of nitrogens with zero attached hydrogens (tertiary/aromatic N) is 2. The summed E-state index contributed by atoms with van der Waals surface area (Å²) in [6.07, 6.45) is 2.78. The number of rotatable bonds is 6. The van der Waals surface area contributed by atoms with Crippen LogP contribution < -0.4 is 9.47 Å². The van der Waals surface area contributed by atoms with Crippen molar-refractivity contribution in [1.82, 2.24) is 9.80 Å². The third-order valence-corrected chi connectivity index (χ3v) is 4.74. The minimum absolute atomic E-state index is 0.00487. The Morgan fingerprint density at radius 1 is 1.00 bits per heavy atom. The first-order valence-corrected chi connectivity index (χ1v) is 9.42. The van der Waals surface area contributed by atoms with Crippen LogP contribution in [0.2, 0.25) is 0 Å². The van der Waals surface area contributed by atoms with Crippen molar-refractivity contribution in [3.63, 3.8) is 0 Å². The molecule has 1 fully saturated rings. The van der Waals surface area contributed by atoms with Crippen molar-refractivity contribution in [2.75, 3.05) is 33.3 Å². The van der Waals surface area contributed by atoms with E-state index in [1.807, 2.05) is 0 Å². The fourth-order valence-corrected chi connectivity index (χ4v) is 3.16. The van der Waals surface area contributed by atoms with Gasteiger partial charge >= 0.3 is 6.61 Å². The highest BCUT2D eigenvalue weighted by molar-refractivity contribution is 5.95. The molecule has 0 atom stereocenters. The van der Waals surface area contributed by atoms with Gasteiger partial charge in [-0.1, -0.05) is 24.3 Å². The lowest BCUT2D eigenvalue weighted by molar-refractivity contribution is -0.127. The van der Waals surface area contributed by atoms with E-state index in [0.29, 0.717) is 43.1 Å². The number of piperazine rings is 1. The minimum atomic E-state index is -2.94. The van der Waals surface area contributed by atoms with Crippen LogP contribution in [0.5, 0.6) is 11.5 Å². The molecular weight excluding hydrogens is 394 g/mol. The Morgan fingerprint density at radius 2 is 1.70 bits per heavy atom. The van der Waals surface area contributed by atoms with Gasteiger partial charge in [0.25, 0.3) is 5.91 Å².